The van der Waals surface area contributed by atoms with E-state index in [1.807, 2.05) is 0 Å². The van der Waals surface area contributed by atoms with Gasteiger partial charge >= 0.3 is 5.97 Å². The second-order valence-electron chi connectivity index (χ2n) is 2.98. The van der Waals surface area contributed by atoms with Crippen LogP contribution in [0.5, 0.6) is 5.75 Å². The van der Waals surface area contributed by atoms with Gasteiger partial charge in [0.2, 0.25) is 0 Å². The summed E-state index contributed by atoms with van der Waals surface area (Å²) >= 11 is 5.94. The topological polar surface area (TPSA) is 44.8 Å². The Morgan fingerprint density at radius 3 is 2.62 bits per heavy atom. The standard InChI is InChI=1S/C11H13ClO4/c1-14-5-6-16-10-4-3-8(7-9(10)12)11(13)15-2/h3-4,7H,5-6H2,1-2H3. The molecule has 0 saturated heterocycles. The Kier molecular flexibility index (Phi) is 5.08. The number of benzene rings is 1. The summed E-state index contributed by atoms with van der Waals surface area (Å²) < 4.78 is 14.7. The third kappa shape index (κ3) is 3.40. The van der Waals surface area contributed by atoms with Crippen molar-refractivity contribution in [2.24, 2.45) is 0 Å². The van der Waals surface area contributed by atoms with Gasteiger partial charge in [-0.05, 0) is 18.2 Å². The van der Waals surface area contributed by atoms with Crippen molar-refractivity contribution in [3.63, 3.8) is 0 Å². The van der Waals surface area contributed by atoms with Crippen molar-refractivity contribution >= 4 is 17.6 Å². The van der Waals surface area contributed by atoms with E-state index in [-0.39, 0.29) is 0 Å². The van der Waals surface area contributed by atoms with Crippen molar-refractivity contribution in [2.45, 2.75) is 0 Å². The smallest absolute Gasteiger partial charge is 0.337 e. The fourth-order valence-electron chi connectivity index (χ4n) is 1.10. The lowest BCUT2D eigenvalue weighted by molar-refractivity contribution is 0.0600. The molecule has 0 fully saturated rings. The monoisotopic (exact) mass is 244 g/mol. The first kappa shape index (κ1) is 12.8. The normalized spacial score (nSPS) is 9.94. The summed E-state index contributed by atoms with van der Waals surface area (Å²) in [4.78, 5) is 11.2. The van der Waals surface area contributed by atoms with Crippen LogP contribution >= 0.6 is 11.6 Å². The SMILES string of the molecule is COCCOc1ccc(C(=O)OC)cc1Cl. The second-order valence-corrected chi connectivity index (χ2v) is 3.39. The van der Waals surface area contributed by atoms with E-state index >= 15 is 0 Å². The summed E-state index contributed by atoms with van der Waals surface area (Å²) in [6.07, 6.45) is 0. The highest BCUT2D eigenvalue weighted by atomic mass is 35.5. The van der Waals surface area contributed by atoms with Crippen molar-refractivity contribution in [1.82, 2.24) is 0 Å². The minimum absolute atomic E-state index is 0.374. The van der Waals surface area contributed by atoms with Gasteiger partial charge in [0, 0.05) is 7.11 Å². The molecule has 0 aliphatic carbocycles. The predicted molar refractivity (Wildman–Crippen MR) is 60.2 cm³/mol. The molecule has 16 heavy (non-hydrogen) atoms. The Morgan fingerprint density at radius 1 is 1.31 bits per heavy atom. The molecule has 0 spiro atoms. The van der Waals surface area contributed by atoms with Gasteiger partial charge in [0.05, 0.1) is 24.3 Å². The molecule has 5 heteroatoms. The molecule has 0 aliphatic heterocycles. The molecule has 1 aromatic rings. The molecule has 0 amide bonds. The van der Waals surface area contributed by atoms with Crippen LogP contribution in [-0.2, 0) is 9.47 Å². The number of carbonyl (C=O) groups is 1. The summed E-state index contributed by atoms with van der Waals surface area (Å²) in [5.41, 5.74) is 0.395. The van der Waals surface area contributed by atoms with E-state index in [0.717, 1.165) is 0 Å². The lowest BCUT2D eigenvalue weighted by Gasteiger charge is -2.08. The van der Waals surface area contributed by atoms with E-state index in [0.29, 0.717) is 29.5 Å². The Hall–Kier alpha value is -1.26. The number of rotatable bonds is 5. The summed E-state index contributed by atoms with van der Waals surface area (Å²) in [6, 6.07) is 4.74. The van der Waals surface area contributed by atoms with Crippen LogP contribution in [0.1, 0.15) is 10.4 Å². The van der Waals surface area contributed by atoms with E-state index in [4.69, 9.17) is 21.1 Å². The van der Waals surface area contributed by atoms with Gasteiger partial charge in [-0.15, -0.1) is 0 Å². The van der Waals surface area contributed by atoms with Crippen molar-refractivity contribution in [1.29, 1.82) is 0 Å². The molecular weight excluding hydrogens is 232 g/mol. The van der Waals surface area contributed by atoms with Gasteiger partial charge < -0.3 is 14.2 Å². The van der Waals surface area contributed by atoms with Crippen LogP contribution < -0.4 is 4.74 Å². The number of halogens is 1. The minimum Gasteiger partial charge on any atom is -0.490 e. The van der Waals surface area contributed by atoms with Crippen molar-refractivity contribution in [3.8, 4) is 5.75 Å². The van der Waals surface area contributed by atoms with Gasteiger partial charge in [0.25, 0.3) is 0 Å². The first-order valence-corrected chi connectivity index (χ1v) is 5.06. The highest BCUT2D eigenvalue weighted by molar-refractivity contribution is 6.32. The van der Waals surface area contributed by atoms with Gasteiger partial charge in [-0.3, -0.25) is 0 Å². The van der Waals surface area contributed by atoms with Crippen LogP contribution in [0, 0.1) is 0 Å². The maximum atomic E-state index is 11.2. The molecule has 0 aliphatic rings. The average molecular weight is 245 g/mol. The first-order valence-electron chi connectivity index (χ1n) is 4.68. The van der Waals surface area contributed by atoms with Crippen molar-refractivity contribution < 1.29 is 19.0 Å². The van der Waals surface area contributed by atoms with E-state index in [9.17, 15) is 4.79 Å². The summed E-state index contributed by atoms with van der Waals surface area (Å²) in [5, 5.41) is 0.374. The fourth-order valence-corrected chi connectivity index (χ4v) is 1.33. The number of hydrogen-bond donors (Lipinski definition) is 0. The van der Waals surface area contributed by atoms with Crippen LogP contribution in [0.25, 0.3) is 0 Å². The van der Waals surface area contributed by atoms with Crippen LogP contribution in [0.2, 0.25) is 5.02 Å². The van der Waals surface area contributed by atoms with Crippen LogP contribution in [0.15, 0.2) is 18.2 Å². The molecule has 4 nitrogen and oxygen atoms in total. The maximum Gasteiger partial charge on any atom is 0.337 e. The zero-order chi connectivity index (χ0) is 12.0. The molecule has 1 rings (SSSR count). The van der Waals surface area contributed by atoms with Crippen LogP contribution in [0.3, 0.4) is 0 Å². The third-order valence-electron chi connectivity index (χ3n) is 1.90. The number of esters is 1. The van der Waals surface area contributed by atoms with Gasteiger partial charge in [-0.1, -0.05) is 11.6 Å². The molecule has 1 aromatic carbocycles. The predicted octanol–water partition coefficient (Wildman–Crippen LogP) is 2.15. The molecule has 88 valence electrons. The summed E-state index contributed by atoms with van der Waals surface area (Å²) in [6.45, 7) is 0.892. The van der Waals surface area contributed by atoms with Crippen LogP contribution in [0.4, 0.5) is 0 Å². The summed E-state index contributed by atoms with van der Waals surface area (Å²) in [5.74, 6) is 0.0942. The zero-order valence-corrected chi connectivity index (χ0v) is 9.91. The number of methoxy groups -OCH3 is 2. The minimum atomic E-state index is -0.426. The van der Waals surface area contributed by atoms with Crippen molar-refractivity contribution in [2.75, 3.05) is 27.4 Å². The van der Waals surface area contributed by atoms with Gasteiger partial charge in [0.15, 0.2) is 0 Å². The van der Waals surface area contributed by atoms with E-state index in [1.54, 1.807) is 19.2 Å². The molecule has 0 saturated carbocycles. The molecule has 0 N–H and O–H groups in total. The largest absolute Gasteiger partial charge is 0.490 e. The Balaban J connectivity index is 2.71. The Labute approximate surface area is 99.1 Å². The average Bonchev–Trinajstić information content (AvgIpc) is 2.30. The highest BCUT2D eigenvalue weighted by Gasteiger charge is 2.09. The van der Waals surface area contributed by atoms with E-state index < -0.39 is 5.97 Å². The maximum absolute atomic E-state index is 11.2. The zero-order valence-electron chi connectivity index (χ0n) is 9.16. The van der Waals surface area contributed by atoms with Gasteiger partial charge in [-0.25, -0.2) is 4.79 Å². The lowest BCUT2D eigenvalue weighted by Crippen LogP contribution is -2.05. The first-order chi connectivity index (χ1) is 7.69. The number of carbonyl (C=O) groups excluding carboxylic acids is 1. The van der Waals surface area contributed by atoms with Gasteiger partial charge in [0.1, 0.15) is 12.4 Å². The Morgan fingerprint density at radius 2 is 2.06 bits per heavy atom. The molecule has 0 unspecified atom stereocenters. The molecule has 0 radical (unpaired) electrons. The Bertz CT molecular complexity index is 365. The van der Waals surface area contributed by atoms with Crippen LogP contribution in [-0.4, -0.2) is 33.4 Å². The lowest BCUT2D eigenvalue weighted by atomic mass is 10.2. The van der Waals surface area contributed by atoms with E-state index in [2.05, 4.69) is 4.74 Å². The fraction of sp³-hybridized carbons (Fsp3) is 0.364. The molecular formula is C11H13ClO4. The molecule has 0 aromatic heterocycles. The number of hydrogen-bond acceptors (Lipinski definition) is 4. The molecule has 0 heterocycles. The van der Waals surface area contributed by atoms with Gasteiger partial charge in [-0.2, -0.15) is 0 Å². The second kappa shape index (κ2) is 6.35. The van der Waals surface area contributed by atoms with E-state index in [1.165, 1.54) is 13.2 Å². The van der Waals surface area contributed by atoms with Crippen molar-refractivity contribution in [3.05, 3.63) is 28.8 Å². The molecule has 0 bridgehead atoms. The number of ether oxygens (including phenoxy) is 3. The molecule has 0 atom stereocenters. The highest BCUT2D eigenvalue weighted by Crippen LogP contribution is 2.25. The third-order valence-corrected chi connectivity index (χ3v) is 2.19. The summed E-state index contributed by atoms with van der Waals surface area (Å²) in [7, 11) is 2.91. The quantitative estimate of drug-likeness (QED) is 0.588.